The molecule has 0 heterocycles. The van der Waals surface area contributed by atoms with Crippen LogP contribution < -0.4 is 5.32 Å². The van der Waals surface area contributed by atoms with Gasteiger partial charge < -0.3 is 40.3 Å². The van der Waals surface area contributed by atoms with Crippen LogP contribution in [0.2, 0.25) is 0 Å². The van der Waals surface area contributed by atoms with Crippen molar-refractivity contribution in [1.82, 2.24) is 5.32 Å². The van der Waals surface area contributed by atoms with Crippen LogP contribution in [0.4, 0.5) is 0 Å². The van der Waals surface area contributed by atoms with E-state index in [1.54, 1.807) is 20.8 Å². The first kappa shape index (κ1) is 41.7. The van der Waals surface area contributed by atoms with Crippen LogP contribution in [-0.2, 0) is 23.9 Å². The van der Waals surface area contributed by atoms with Gasteiger partial charge in [-0.3, -0.25) is 14.4 Å². The van der Waals surface area contributed by atoms with Gasteiger partial charge >= 0.3 is 11.9 Å². The molecule has 0 spiro atoms. The SMILES string of the molecule is CCOC(=O)CNC(=O)CC(C)(O)CC(=O)O[C@H]1[C@H](O)C[C@]2(C)C3=C(CC[C@H]2C1(C)C)[C@]1(C)CC[C@H]([C@H](C)CC[C@@H](O)C(C)(C)O)[C@@]1(C)[C@@H](O)C3. The second-order valence-corrected chi connectivity index (χ2v) is 18.6. The van der Waals surface area contributed by atoms with Gasteiger partial charge in [0, 0.05) is 10.8 Å². The fraction of sp³-hybridized carbons (Fsp3) is 0.875. The first-order valence-corrected chi connectivity index (χ1v) is 19.2. The molecule has 2 saturated carbocycles. The summed E-state index contributed by atoms with van der Waals surface area (Å²) < 4.78 is 10.8. The van der Waals surface area contributed by atoms with E-state index in [0.29, 0.717) is 19.3 Å². The minimum Gasteiger partial charge on any atom is -0.465 e. The van der Waals surface area contributed by atoms with Gasteiger partial charge in [0.1, 0.15) is 12.6 Å². The number of aliphatic hydroxyl groups is 5. The normalized spacial score (nSPS) is 36.9. The molecule has 2 fully saturated rings. The molecular weight excluding hydrogens is 654 g/mol. The molecule has 11 heteroatoms. The molecule has 1 unspecified atom stereocenters. The number of amides is 1. The Labute approximate surface area is 304 Å². The van der Waals surface area contributed by atoms with Crippen molar-refractivity contribution in [3.8, 4) is 0 Å². The molecule has 4 aliphatic carbocycles. The summed E-state index contributed by atoms with van der Waals surface area (Å²) in [5.74, 6) is -1.36. The van der Waals surface area contributed by atoms with Gasteiger partial charge in [-0.05, 0) is 108 Å². The maximum atomic E-state index is 13.3. The summed E-state index contributed by atoms with van der Waals surface area (Å²) in [4.78, 5) is 37.2. The average molecular weight is 722 g/mol. The first-order valence-electron chi connectivity index (χ1n) is 19.2. The molecule has 0 radical (unpaired) electrons. The largest absolute Gasteiger partial charge is 0.465 e. The Hall–Kier alpha value is -2.05. The zero-order chi connectivity index (χ0) is 38.5. The molecule has 0 saturated heterocycles. The highest BCUT2D eigenvalue weighted by atomic mass is 16.6. The summed E-state index contributed by atoms with van der Waals surface area (Å²) in [6.45, 7) is 19.2. The molecule has 4 aliphatic rings. The van der Waals surface area contributed by atoms with Crippen LogP contribution in [0.5, 0.6) is 0 Å². The molecule has 11 nitrogen and oxygen atoms in total. The Kier molecular flexibility index (Phi) is 12.0. The molecular formula is C40H67NO10. The van der Waals surface area contributed by atoms with E-state index in [1.807, 2.05) is 13.8 Å². The molecule has 6 N–H and O–H groups in total. The Morgan fingerprint density at radius 1 is 0.961 bits per heavy atom. The Morgan fingerprint density at radius 3 is 2.22 bits per heavy atom. The van der Waals surface area contributed by atoms with Crippen molar-refractivity contribution in [1.29, 1.82) is 0 Å². The third-order valence-corrected chi connectivity index (χ3v) is 14.2. The number of esters is 2. The molecule has 1 amide bonds. The van der Waals surface area contributed by atoms with Crippen molar-refractivity contribution in [2.24, 2.45) is 39.4 Å². The van der Waals surface area contributed by atoms with E-state index in [-0.39, 0.29) is 41.7 Å². The molecule has 0 aromatic rings. The summed E-state index contributed by atoms with van der Waals surface area (Å²) in [6.07, 6.45) is 1.72. The fourth-order valence-corrected chi connectivity index (χ4v) is 11.3. The minimum atomic E-state index is -1.73. The Morgan fingerprint density at radius 2 is 1.61 bits per heavy atom. The molecule has 4 rings (SSSR count). The van der Waals surface area contributed by atoms with E-state index in [4.69, 9.17) is 9.47 Å². The predicted molar refractivity (Wildman–Crippen MR) is 192 cm³/mol. The second kappa shape index (κ2) is 14.6. The van der Waals surface area contributed by atoms with Gasteiger partial charge in [0.05, 0.1) is 49.0 Å². The van der Waals surface area contributed by atoms with Crippen molar-refractivity contribution in [2.75, 3.05) is 13.2 Å². The van der Waals surface area contributed by atoms with E-state index in [9.17, 15) is 39.9 Å². The number of rotatable bonds is 13. The number of fused-ring (bicyclic) bond motifs is 4. The van der Waals surface area contributed by atoms with Gasteiger partial charge in [-0.25, -0.2) is 0 Å². The van der Waals surface area contributed by atoms with E-state index in [1.165, 1.54) is 18.1 Å². The van der Waals surface area contributed by atoms with Crippen molar-refractivity contribution < 1.29 is 49.4 Å². The van der Waals surface area contributed by atoms with Crippen LogP contribution in [0, 0.1) is 39.4 Å². The minimum absolute atomic E-state index is 0.0544. The number of hydrogen-bond acceptors (Lipinski definition) is 10. The predicted octanol–water partition coefficient (Wildman–Crippen LogP) is 4.35. The molecule has 0 aromatic carbocycles. The quantitative estimate of drug-likeness (QED) is 0.118. The van der Waals surface area contributed by atoms with Gasteiger partial charge in [-0.2, -0.15) is 0 Å². The lowest BCUT2D eigenvalue weighted by Gasteiger charge is -2.64. The highest BCUT2D eigenvalue weighted by Crippen LogP contribution is 2.72. The number of ether oxygens (including phenoxy) is 2. The molecule has 0 aromatic heterocycles. The number of carbonyl (C=O) groups excluding carboxylic acids is 3. The van der Waals surface area contributed by atoms with Crippen LogP contribution in [-0.4, -0.2) is 92.1 Å². The highest BCUT2D eigenvalue weighted by Gasteiger charge is 2.67. The van der Waals surface area contributed by atoms with Crippen LogP contribution in [0.25, 0.3) is 0 Å². The maximum Gasteiger partial charge on any atom is 0.325 e. The van der Waals surface area contributed by atoms with Crippen molar-refractivity contribution in [2.45, 2.75) is 169 Å². The lowest BCUT2D eigenvalue weighted by molar-refractivity contribution is -0.198. The second-order valence-electron chi connectivity index (χ2n) is 18.6. The highest BCUT2D eigenvalue weighted by molar-refractivity contribution is 5.83. The van der Waals surface area contributed by atoms with Gasteiger partial charge in [-0.1, -0.05) is 52.7 Å². The Bertz CT molecular complexity index is 1350. The van der Waals surface area contributed by atoms with Crippen molar-refractivity contribution in [3.05, 3.63) is 11.1 Å². The molecule has 0 aliphatic heterocycles. The summed E-state index contributed by atoms with van der Waals surface area (Å²) in [5.41, 5.74) is -1.88. The van der Waals surface area contributed by atoms with Gasteiger partial charge in [0.25, 0.3) is 0 Å². The zero-order valence-electron chi connectivity index (χ0n) is 32.8. The molecule has 0 bridgehead atoms. The van der Waals surface area contributed by atoms with Crippen LogP contribution in [0.1, 0.15) is 133 Å². The molecule has 11 atom stereocenters. The van der Waals surface area contributed by atoms with Crippen LogP contribution in [0.3, 0.4) is 0 Å². The fourth-order valence-electron chi connectivity index (χ4n) is 11.3. The van der Waals surface area contributed by atoms with Crippen molar-refractivity contribution >= 4 is 17.8 Å². The van der Waals surface area contributed by atoms with Gasteiger partial charge in [0.15, 0.2) is 0 Å². The number of nitrogens with one attached hydrogen (secondary N) is 1. The topological polar surface area (TPSA) is 183 Å². The number of aliphatic hydroxyl groups excluding tert-OH is 3. The summed E-state index contributed by atoms with van der Waals surface area (Å²) in [5, 5.41) is 58.0. The third-order valence-electron chi connectivity index (χ3n) is 14.2. The molecule has 51 heavy (non-hydrogen) atoms. The monoisotopic (exact) mass is 721 g/mol. The summed E-state index contributed by atoms with van der Waals surface area (Å²) in [6, 6.07) is 0. The standard InChI is InChI=1S/C40H67NO10/c1-11-50-33(47)22-41-31(45)20-37(7,49)21-32(46)51-34-27(42)19-38(8)26-18-30(44)40(10)24(23(2)12-15-29(43)36(5,6)48)16-17-39(40,9)25(26)13-14-28(38)35(34,3)4/h23-24,27-30,34,42-44,48-49H,11-22H2,1-10H3,(H,41,45)/t23-,24-,27-,28+,29-,30+,34+,37?,38-,39+,40+/m1/s1. The third kappa shape index (κ3) is 7.80. The lowest BCUT2D eigenvalue weighted by Crippen LogP contribution is -2.62. The smallest absolute Gasteiger partial charge is 0.325 e. The van der Waals surface area contributed by atoms with Crippen molar-refractivity contribution in [3.63, 3.8) is 0 Å². The lowest BCUT2D eigenvalue weighted by atomic mass is 9.42. The Balaban J connectivity index is 1.50. The van der Waals surface area contributed by atoms with Gasteiger partial charge in [0.2, 0.25) is 5.91 Å². The number of allylic oxidation sites excluding steroid dienone is 1. The van der Waals surface area contributed by atoms with E-state index >= 15 is 0 Å². The van der Waals surface area contributed by atoms with E-state index < -0.39 is 77.1 Å². The molecule has 292 valence electrons. The van der Waals surface area contributed by atoms with Gasteiger partial charge in [-0.15, -0.1) is 0 Å². The zero-order valence-corrected chi connectivity index (χ0v) is 32.8. The first-order chi connectivity index (χ1) is 23.3. The van der Waals surface area contributed by atoms with Crippen LogP contribution in [0.15, 0.2) is 11.1 Å². The number of carbonyl (C=O) groups is 3. The van der Waals surface area contributed by atoms with Crippen LogP contribution >= 0.6 is 0 Å². The average Bonchev–Trinajstić information content (AvgIpc) is 3.28. The summed E-state index contributed by atoms with van der Waals surface area (Å²) >= 11 is 0. The maximum absolute atomic E-state index is 13.3. The summed E-state index contributed by atoms with van der Waals surface area (Å²) in [7, 11) is 0. The van der Waals surface area contributed by atoms with E-state index in [2.05, 4.69) is 33.0 Å². The van der Waals surface area contributed by atoms with E-state index in [0.717, 1.165) is 32.1 Å². The number of hydrogen-bond donors (Lipinski definition) is 6.